The first-order valence-electron chi connectivity index (χ1n) is 3.69. The molecule has 10 heavy (non-hydrogen) atoms. The van der Waals surface area contributed by atoms with Crippen LogP contribution in [0.2, 0.25) is 0 Å². The van der Waals surface area contributed by atoms with Gasteiger partial charge in [-0.25, -0.2) is 9.13 Å². The quantitative estimate of drug-likeness (QED) is 0.540. The van der Waals surface area contributed by atoms with Gasteiger partial charge in [-0.3, -0.25) is 0 Å². The van der Waals surface area contributed by atoms with Crippen LogP contribution in [0.1, 0.15) is 13.8 Å². The number of aryl methyl sites for hydroxylation is 1. The summed E-state index contributed by atoms with van der Waals surface area (Å²) >= 11 is 0. The Kier molecular flexibility index (Phi) is 2.10. The lowest BCUT2D eigenvalue weighted by Gasteiger charge is -1.97. The van der Waals surface area contributed by atoms with E-state index in [-0.39, 0.29) is 0 Å². The Morgan fingerprint density at radius 1 is 1.50 bits per heavy atom. The molecule has 2 nitrogen and oxygen atoms in total. The van der Waals surface area contributed by atoms with Crippen LogP contribution in [-0.2, 0) is 13.6 Å². The van der Waals surface area contributed by atoms with Gasteiger partial charge in [0.05, 0.1) is 13.6 Å². The molecule has 0 saturated carbocycles. The first-order valence-corrected chi connectivity index (χ1v) is 3.69. The van der Waals surface area contributed by atoms with Crippen molar-refractivity contribution in [1.82, 2.24) is 4.57 Å². The third kappa shape index (κ3) is 1.87. The standard InChI is InChI=1S/C8H15N2/c1-8(2)6-10-5-4-9(3)7-10/h4-5,7-8H,6H2,1-3H3/q+1. The maximum Gasteiger partial charge on any atom is 0.243 e. The Morgan fingerprint density at radius 3 is 2.60 bits per heavy atom. The lowest BCUT2D eigenvalue weighted by atomic mass is 10.2. The van der Waals surface area contributed by atoms with Crippen molar-refractivity contribution in [3.63, 3.8) is 0 Å². The van der Waals surface area contributed by atoms with Crippen LogP contribution in [0.3, 0.4) is 0 Å². The Labute approximate surface area is 62.1 Å². The zero-order valence-electron chi connectivity index (χ0n) is 6.91. The zero-order valence-corrected chi connectivity index (χ0v) is 6.91. The van der Waals surface area contributed by atoms with E-state index < -0.39 is 0 Å². The molecule has 0 amide bonds. The highest BCUT2D eigenvalue weighted by Crippen LogP contribution is 1.95. The van der Waals surface area contributed by atoms with E-state index in [2.05, 4.69) is 41.7 Å². The molecule has 0 spiro atoms. The molecule has 1 aromatic rings. The second kappa shape index (κ2) is 2.86. The fraction of sp³-hybridized carbons (Fsp3) is 0.625. The SMILES string of the molecule is CC(C)Cn1cc[n+](C)c1. The molecule has 1 aromatic heterocycles. The number of hydrogen-bond donors (Lipinski definition) is 0. The number of nitrogens with zero attached hydrogens (tertiary/aromatic N) is 2. The highest BCUT2D eigenvalue weighted by atomic mass is 15.1. The molecule has 0 aliphatic rings. The van der Waals surface area contributed by atoms with Gasteiger partial charge >= 0.3 is 0 Å². The minimum Gasteiger partial charge on any atom is -0.240 e. The Morgan fingerprint density at radius 2 is 2.20 bits per heavy atom. The van der Waals surface area contributed by atoms with Gasteiger partial charge in [-0.15, -0.1) is 0 Å². The van der Waals surface area contributed by atoms with E-state index >= 15 is 0 Å². The molecule has 0 saturated heterocycles. The summed E-state index contributed by atoms with van der Waals surface area (Å²) in [6.07, 6.45) is 6.25. The fourth-order valence-electron chi connectivity index (χ4n) is 1.03. The lowest BCUT2D eigenvalue weighted by Crippen LogP contribution is -2.24. The number of hydrogen-bond acceptors (Lipinski definition) is 0. The van der Waals surface area contributed by atoms with Crippen LogP contribution in [0, 0.1) is 5.92 Å². The summed E-state index contributed by atoms with van der Waals surface area (Å²) in [5.41, 5.74) is 0. The fourth-order valence-corrected chi connectivity index (χ4v) is 1.03. The van der Waals surface area contributed by atoms with E-state index in [1.54, 1.807) is 0 Å². The van der Waals surface area contributed by atoms with Crippen LogP contribution in [0.4, 0.5) is 0 Å². The minimum absolute atomic E-state index is 0.729. The van der Waals surface area contributed by atoms with E-state index in [1.165, 1.54) is 0 Å². The van der Waals surface area contributed by atoms with Crippen LogP contribution in [0.15, 0.2) is 18.7 Å². The summed E-state index contributed by atoms with van der Waals surface area (Å²) in [6, 6.07) is 0. The third-order valence-corrected chi connectivity index (χ3v) is 1.40. The first kappa shape index (κ1) is 7.32. The molecule has 0 bridgehead atoms. The molecule has 1 rings (SSSR count). The molecule has 0 atom stereocenters. The summed E-state index contributed by atoms with van der Waals surface area (Å²) in [5.74, 6) is 0.729. The van der Waals surface area contributed by atoms with Gasteiger partial charge < -0.3 is 0 Å². The molecule has 0 radical (unpaired) electrons. The summed E-state index contributed by atoms with van der Waals surface area (Å²) in [6.45, 7) is 5.56. The van der Waals surface area contributed by atoms with Crippen LogP contribution in [0.5, 0.6) is 0 Å². The average molecular weight is 139 g/mol. The third-order valence-electron chi connectivity index (χ3n) is 1.40. The zero-order chi connectivity index (χ0) is 7.56. The summed E-state index contributed by atoms with van der Waals surface area (Å²) < 4.78 is 4.26. The Balaban J connectivity index is 2.58. The van der Waals surface area contributed by atoms with Crippen molar-refractivity contribution in [1.29, 1.82) is 0 Å². The van der Waals surface area contributed by atoms with E-state index in [4.69, 9.17) is 0 Å². The Hall–Kier alpha value is -0.790. The van der Waals surface area contributed by atoms with Gasteiger partial charge in [0.15, 0.2) is 0 Å². The van der Waals surface area contributed by atoms with E-state index in [0.29, 0.717) is 0 Å². The highest BCUT2D eigenvalue weighted by molar-refractivity contribution is 4.66. The van der Waals surface area contributed by atoms with Crippen LogP contribution in [0.25, 0.3) is 0 Å². The summed E-state index contributed by atoms with van der Waals surface area (Å²) in [4.78, 5) is 0. The number of imidazole rings is 1. The van der Waals surface area contributed by atoms with Gasteiger partial charge in [0.2, 0.25) is 6.33 Å². The largest absolute Gasteiger partial charge is 0.243 e. The smallest absolute Gasteiger partial charge is 0.240 e. The molecular weight excluding hydrogens is 124 g/mol. The van der Waals surface area contributed by atoms with Crippen LogP contribution in [-0.4, -0.2) is 4.57 Å². The van der Waals surface area contributed by atoms with Crippen molar-refractivity contribution >= 4 is 0 Å². The van der Waals surface area contributed by atoms with Crippen molar-refractivity contribution in [3.05, 3.63) is 18.7 Å². The van der Waals surface area contributed by atoms with Crippen molar-refractivity contribution in [2.75, 3.05) is 0 Å². The maximum absolute atomic E-state index is 2.22. The lowest BCUT2D eigenvalue weighted by molar-refractivity contribution is -0.671. The van der Waals surface area contributed by atoms with E-state index in [9.17, 15) is 0 Å². The van der Waals surface area contributed by atoms with Gasteiger partial charge in [-0.2, -0.15) is 0 Å². The summed E-state index contributed by atoms with van der Waals surface area (Å²) in [5, 5.41) is 0. The van der Waals surface area contributed by atoms with Crippen molar-refractivity contribution in [2.24, 2.45) is 13.0 Å². The van der Waals surface area contributed by atoms with Gasteiger partial charge in [-0.1, -0.05) is 13.8 Å². The molecule has 0 unspecified atom stereocenters. The Bertz CT molecular complexity index is 201. The molecule has 0 N–H and O–H groups in total. The van der Waals surface area contributed by atoms with Gasteiger partial charge in [0.1, 0.15) is 12.4 Å². The molecule has 1 heterocycles. The highest BCUT2D eigenvalue weighted by Gasteiger charge is 2.01. The first-order chi connectivity index (χ1) is 4.68. The molecular formula is C8H15N2+. The van der Waals surface area contributed by atoms with Crippen LogP contribution < -0.4 is 4.57 Å². The van der Waals surface area contributed by atoms with Gasteiger partial charge in [0, 0.05) is 0 Å². The van der Waals surface area contributed by atoms with E-state index in [0.717, 1.165) is 12.5 Å². The molecule has 56 valence electrons. The van der Waals surface area contributed by atoms with Gasteiger partial charge in [0.25, 0.3) is 0 Å². The van der Waals surface area contributed by atoms with Crippen molar-refractivity contribution < 1.29 is 4.57 Å². The van der Waals surface area contributed by atoms with E-state index in [1.807, 2.05) is 7.05 Å². The second-order valence-corrected chi connectivity index (χ2v) is 3.17. The minimum atomic E-state index is 0.729. The predicted molar refractivity (Wildman–Crippen MR) is 40.4 cm³/mol. The monoisotopic (exact) mass is 139 g/mol. The average Bonchev–Trinajstić information content (AvgIpc) is 2.13. The van der Waals surface area contributed by atoms with Gasteiger partial charge in [-0.05, 0) is 5.92 Å². The molecule has 0 fully saturated rings. The summed E-state index contributed by atoms with van der Waals surface area (Å²) in [7, 11) is 2.04. The number of rotatable bonds is 2. The molecule has 0 aromatic carbocycles. The van der Waals surface area contributed by atoms with Crippen molar-refractivity contribution in [2.45, 2.75) is 20.4 Å². The van der Waals surface area contributed by atoms with Crippen molar-refractivity contribution in [3.8, 4) is 0 Å². The second-order valence-electron chi connectivity index (χ2n) is 3.17. The molecule has 0 aliphatic heterocycles. The molecule has 0 aliphatic carbocycles. The van der Waals surface area contributed by atoms with Crippen LogP contribution >= 0.6 is 0 Å². The predicted octanol–water partition coefficient (Wildman–Crippen LogP) is 0.969. The number of aromatic nitrogens is 2. The normalized spacial score (nSPS) is 10.8. The topological polar surface area (TPSA) is 8.81 Å². The maximum atomic E-state index is 2.22. The molecule has 2 heteroatoms.